The van der Waals surface area contributed by atoms with Crippen molar-refractivity contribution >= 4 is 30.5 Å². The first-order chi connectivity index (χ1) is 10.9. The maximum absolute atomic E-state index is 3.48. The maximum Gasteiger partial charge on any atom is 0.0366 e. The molecule has 0 spiro atoms. The fourth-order valence-electron chi connectivity index (χ4n) is 3.83. The highest BCUT2D eigenvalue weighted by Gasteiger charge is 2.22. The van der Waals surface area contributed by atoms with Gasteiger partial charge >= 0.3 is 0 Å². The van der Waals surface area contributed by atoms with Crippen LogP contribution in [-0.4, -0.2) is 44.2 Å². The minimum Gasteiger partial charge on any atom is -0.372 e. The van der Waals surface area contributed by atoms with E-state index >= 15 is 0 Å². The predicted molar refractivity (Wildman–Crippen MR) is 109 cm³/mol. The molecule has 0 saturated carbocycles. The van der Waals surface area contributed by atoms with Crippen LogP contribution < -0.4 is 10.2 Å². The highest BCUT2D eigenvalue weighted by Crippen LogP contribution is 2.29. The molecule has 1 aromatic carbocycles. The van der Waals surface area contributed by atoms with Gasteiger partial charge in [-0.2, -0.15) is 0 Å². The first kappa shape index (κ1) is 21.6. The van der Waals surface area contributed by atoms with E-state index in [1.54, 1.807) is 0 Å². The summed E-state index contributed by atoms with van der Waals surface area (Å²) in [6.45, 7) is 9.39. The fraction of sp³-hybridized carbons (Fsp3) is 0.684. The van der Waals surface area contributed by atoms with Crippen molar-refractivity contribution in [3.05, 3.63) is 29.8 Å². The van der Waals surface area contributed by atoms with E-state index < -0.39 is 0 Å². The molecule has 24 heavy (non-hydrogen) atoms. The Labute approximate surface area is 160 Å². The first-order valence-electron chi connectivity index (χ1n) is 9.18. The molecule has 0 bridgehead atoms. The van der Waals surface area contributed by atoms with E-state index in [9.17, 15) is 0 Å². The van der Waals surface area contributed by atoms with Crippen molar-refractivity contribution in [1.29, 1.82) is 0 Å². The van der Waals surface area contributed by atoms with Crippen LogP contribution >= 0.6 is 24.8 Å². The number of hydrogen-bond donors (Lipinski definition) is 1. The molecule has 3 nitrogen and oxygen atoms in total. The van der Waals surface area contributed by atoms with E-state index in [2.05, 4.69) is 46.3 Å². The zero-order chi connectivity index (χ0) is 15.2. The van der Waals surface area contributed by atoms with Gasteiger partial charge in [0.15, 0.2) is 0 Å². The summed E-state index contributed by atoms with van der Waals surface area (Å²) in [5.41, 5.74) is 2.93. The molecule has 3 rings (SSSR count). The predicted octanol–water partition coefficient (Wildman–Crippen LogP) is 4.27. The molecule has 0 unspecified atom stereocenters. The average molecular weight is 374 g/mol. The van der Waals surface area contributed by atoms with Crippen LogP contribution in [0, 0.1) is 0 Å². The van der Waals surface area contributed by atoms with Crippen molar-refractivity contribution < 1.29 is 0 Å². The molecule has 2 saturated heterocycles. The van der Waals surface area contributed by atoms with E-state index in [0.29, 0.717) is 6.04 Å². The monoisotopic (exact) mass is 373 g/mol. The SMILES string of the molecule is CCCC[C@H](c1ccc(N2CCCC2)cc1)N1CCNCC1.Cl.Cl. The van der Waals surface area contributed by atoms with Gasteiger partial charge in [-0.05, 0) is 37.0 Å². The number of benzene rings is 1. The van der Waals surface area contributed by atoms with Gasteiger partial charge in [-0.15, -0.1) is 24.8 Å². The third kappa shape index (κ3) is 5.52. The van der Waals surface area contributed by atoms with Crippen molar-refractivity contribution in [2.75, 3.05) is 44.2 Å². The summed E-state index contributed by atoms with van der Waals surface area (Å²) in [4.78, 5) is 5.20. The number of nitrogens with one attached hydrogen (secondary N) is 1. The minimum absolute atomic E-state index is 0. The number of anilines is 1. The molecule has 1 N–H and O–H groups in total. The van der Waals surface area contributed by atoms with Crippen LogP contribution in [0.1, 0.15) is 50.6 Å². The normalized spacial score (nSPS) is 19.5. The Balaban J connectivity index is 0.00000144. The van der Waals surface area contributed by atoms with Crippen molar-refractivity contribution in [2.24, 2.45) is 0 Å². The Morgan fingerprint density at radius 3 is 2.17 bits per heavy atom. The Morgan fingerprint density at radius 1 is 0.958 bits per heavy atom. The molecule has 1 aromatic rings. The third-order valence-corrected chi connectivity index (χ3v) is 5.17. The lowest BCUT2D eigenvalue weighted by Crippen LogP contribution is -2.45. The molecule has 2 heterocycles. The number of halogens is 2. The highest BCUT2D eigenvalue weighted by molar-refractivity contribution is 5.85. The molecule has 0 aliphatic carbocycles. The third-order valence-electron chi connectivity index (χ3n) is 5.17. The van der Waals surface area contributed by atoms with E-state index in [1.807, 2.05) is 0 Å². The number of rotatable bonds is 6. The van der Waals surface area contributed by atoms with Crippen LogP contribution in [0.5, 0.6) is 0 Å². The standard InChI is InChI=1S/C19H31N3.2ClH/c1-2-3-6-19(22-15-11-20-12-16-22)17-7-9-18(10-8-17)21-13-4-5-14-21;;/h7-10,19-20H,2-6,11-16H2,1H3;2*1H/t19-;;/m1../s1. The Hall–Kier alpha value is -0.480. The fourth-order valence-corrected chi connectivity index (χ4v) is 3.83. The molecule has 5 heteroatoms. The van der Waals surface area contributed by atoms with Crippen LogP contribution in [-0.2, 0) is 0 Å². The zero-order valence-corrected chi connectivity index (χ0v) is 16.5. The molecule has 2 aliphatic rings. The van der Waals surface area contributed by atoms with Gasteiger partial charge in [-0.1, -0.05) is 31.9 Å². The summed E-state index contributed by atoms with van der Waals surface area (Å²) in [5.74, 6) is 0. The van der Waals surface area contributed by atoms with Gasteiger partial charge in [-0.3, -0.25) is 4.90 Å². The van der Waals surface area contributed by atoms with E-state index in [0.717, 1.165) is 13.1 Å². The summed E-state index contributed by atoms with van der Waals surface area (Å²) in [5, 5.41) is 3.48. The molecule has 2 aliphatic heterocycles. The molecule has 1 atom stereocenters. The molecular formula is C19H33Cl2N3. The second-order valence-corrected chi connectivity index (χ2v) is 6.73. The quantitative estimate of drug-likeness (QED) is 0.802. The summed E-state index contributed by atoms with van der Waals surface area (Å²) < 4.78 is 0. The second-order valence-electron chi connectivity index (χ2n) is 6.73. The number of nitrogens with zero attached hydrogens (tertiary/aromatic N) is 2. The topological polar surface area (TPSA) is 18.5 Å². The lowest BCUT2D eigenvalue weighted by molar-refractivity contribution is 0.163. The molecular weight excluding hydrogens is 341 g/mol. The van der Waals surface area contributed by atoms with Gasteiger partial charge in [0.25, 0.3) is 0 Å². The Kier molecular flexibility index (Phi) is 10.1. The van der Waals surface area contributed by atoms with Crippen LogP contribution in [0.15, 0.2) is 24.3 Å². The van der Waals surface area contributed by atoms with Crippen molar-refractivity contribution in [3.8, 4) is 0 Å². The van der Waals surface area contributed by atoms with E-state index in [-0.39, 0.29) is 24.8 Å². The van der Waals surface area contributed by atoms with Gasteiger partial charge in [0.05, 0.1) is 0 Å². The van der Waals surface area contributed by atoms with Crippen LogP contribution in [0.2, 0.25) is 0 Å². The zero-order valence-electron chi connectivity index (χ0n) is 14.9. The van der Waals surface area contributed by atoms with Crippen LogP contribution in [0.3, 0.4) is 0 Å². The van der Waals surface area contributed by atoms with Crippen molar-refractivity contribution in [1.82, 2.24) is 10.2 Å². The van der Waals surface area contributed by atoms with Gasteiger partial charge in [0, 0.05) is 51.0 Å². The number of piperazine rings is 1. The van der Waals surface area contributed by atoms with Gasteiger partial charge in [-0.25, -0.2) is 0 Å². The molecule has 0 aromatic heterocycles. The molecule has 138 valence electrons. The molecule has 2 fully saturated rings. The smallest absolute Gasteiger partial charge is 0.0366 e. The first-order valence-corrected chi connectivity index (χ1v) is 9.18. The van der Waals surface area contributed by atoms with Crippen molar-refractivity contribution in [2.45, 2.75) is 45.1 Å². The van der Waals surface area contributed by atoms with Gasteiger partial charge < -0.3 is 10.2 Å². The molecule has 0 radical (unpaired) electrons. The van der Waals surface area contributed by atoms with Crippen LogP contribution in [0.4, 0.5) is 5.69 Å². The largest absolute Gasteiger partial charge is 0.372 e. The highest BCUT2D eigenvalue weighted by atomic mass is 35.5. The lowest BCUT2D eigenvalue weighted by atomic mass is 9.98. The van der Waals surface area contributed by atoms with E-state index in [4.69, 9.17) is 0 Å². The Morgan fingerprint density at radius 2 is 1.58 bits per heavy atom. The summed E-state index contributed by atoms with van der Waals surface area (Å²) in [7, 11) is 0. The number of unbranched alkanes of at least 4 members (excludes halogenated alkanes) is 1. The lowest BCUT2D eigenvalue weighted by Gasteiger charge is -2.35. The molecule has 0 amide bonds. The second kappa shape index (κ2) is 11.2. The minimum atomic E-state index is 0. The Bertz CT molecular complexity index is 440. The average Bonchev–Trinajstić information content (AvgIpc) is 3.11. The van der Waals surface area contributed by atoms with E-state index in [1.165, 1.54) is 69.5 Å². The maximum atomic E-state index is 3.48. The van der Waals surface area contributed by atoms with Crippen molar-refractivity contribution in [3.63, 3.8) is 0 Å². The summed E-state index contributed by atoms with van der Waals surface area (Å²) >= 11 is 0. The van der Waals surface area contributed by atoms with Crippen LogP contribution in [0.25, 0.3) is 0 Å². The van der Waals surface area contributed by atoms with Gasteiger partial charge in [0.1, 0.15) is 0 Å². The summed E-state index contributed by atoms with van der Waals surface area (Å²) in [6, 6.07) is 10.1. The number of hydrogen-bond acceptors (Lipinski definition) is 3. The summed E-state index contributed by atoms with van der Waals surface area (Å²) in [6.07, 6.45) is 6.60. The van der Waals surface area contributed by atoms with Gasteiger partial charge in [0.2, 0.25) is 0 Å².